The van der Waals surface area contributed by atoms with Crippen LogP contribution in [0.15, 0.2) is 36.1 Å². The second-order valence-corrected chi connectivity index (χ2v) is 5.56. The molecule has 0 saturated carbocycles. The van der Waals surface area contributed by atoms with E-state index >= 15 is 0 Å². The number of nitrogens with zero attached hydrogens (tertiary/aromatic N) is 2. The number of nitrogens with one attached hydrogen (secondary N) is 1. The van der Waals surface area contributed by atoms with E-state index in [1.807, 2.05) is 23.3 Å². The van der Waals surface area contributed by atoms with Crippen molar-refractivity contribution < 1.29 is 0 Å². The van der Waals surface area contributed by atoms with Gasteiger partial charge in [-0.3, -0.25) is 0 Å². The zero-order valence-corrected chi connectivity index (χ0v) is 12.3. The Labute approximate surface area is 125 Å². The number of thiocarbonyl (C=S) groups is 1. The molecule has 0 saturated heterocycles. The van der Waals surface area contributed by atoms with E-state index < -0.39 is 5.66 Å². The van der Waals surface area contributed by atoms with Gasteiger partial charge in [0, 0.05) is 12.7 Å². The molecule has 0 bridgehead atoms. The lowest BCUT2D eigenvalue weighted by Gasteiger charge is -2.38. The first-order valence-corrected chi connectivity index (χ1v) is 7.37. The Morgan fingerprint density at radius 1 is 1.50 bits per heavy atom. The van der Waals surface area contributed by atoms with Gasteiger partial charge in [-0.1, -0.05) is 17.7 Å². The van der Waals surface area contributed by atoms with Crippen LogP contribution < -0.4 is 11.1 Å². The predicted molar refractivity (Wildman–Crippen MR) is 84.4 cm³/mol. The topological polar surface area (TPSA) is 65.1 Å². The van der Waals surface area contributed by atoms with E-state index in [1.165, 1.54) is 31.3 Å². The average molecular weight is 288 g/mol. The molecule has 0 radical (unpaired) electrons. The van der Waals surface area contributed by atoms with Crippen LogP contribution in [0.2, 0.25) is 0 Å². The van der Waals surface area contributed by atoms with Gasteiger partial charge in [0.05, 0.1) is 0 Å². The van der Waals surface area contributed by atoms with Crippen molar-refractivity contribution in [1.29, 1.82) is 5.26 Å². The third-order valence-electron chi connectivity index (χ3n) is 3.71. The van der Waals surface area contributed by atoms with Crippen molar-refractivity contribution in [3.8, 4) is 6.07 Å². The lowest BCUT2D eigenvalue weighted by atomic mass is 9.96. The maximum absolute atomic E-state index is 9.53. The monoisotopic (exact) mass is 288 g/mol. The number of hydrogen-bond acceptors (Lipinski definition) is 3. The van der Waals surface area contributed by atoms with Crippen molar-refractivity contribution in [2.75, 3.05) is 6.54 Å². The van der Waals surface area contributed by atoms with Gasteiger partial charge in [0.2, 0.25) is 5.66 Å². The summed E-state index contributed by atoms with van der Waals surface area (Å²) in [6.45, 7) is 0.774. The van der Waals surface area contributed by atoms with Crippen LogP contribution in [-0.4, -0.2) is 22.2 Å². The molecule has 1 heterocycles. The second kappa shape index (κ2) is 6.58. The Hall–Kier alpha value is -1.80. The van der Waals surface area contributed by atoms with Gasteiger partial charge < -0.3 is 16.0 Å². The number of rotatable bonds is 4. The summed E-state index contributed by atoms with van der Waals surface area (Å²) >= 11 is 4.90. The molecule has 1 aliphatic carbocycles. The molecule has 0 amide bonds. The van der Waals surface area contributed by atoms with Crippen molar-refractivity contribution in [2.45, 2.75) is 37.8 Å². The first-order valence-electron chi connectivity index (χ1n) is 6.96. The predicted octanol–water partition coefficient (Wildman–Crippen LogP) is 2.32. The maximum atomic E-state index is 9.53. The van der Waals surface area contributed by atoms with E-state index in [0.29, 0.717) is 0 Å². The molecular weight excluding hydrogens is 268 g/mol. The van der Waals surface area contributed by atoms with Gasteiger partial charge in [0.15, 0.2) is 5.11 Å². The van der Waals surface area contributed by atoms with Gasteiger partial charge in [0.25, 0.3) is 0 Å². The van der Waals surface area contributed by atoms with E-state index in [4.69, 9.17) is 18.0 Å². The molecule has 2 aliphatic rings. The van der Waals surface area contributed by atoms with E-state index in [-0.39, 0.29) is 5.11 Å². The van der Waals surface area contributed by atoms with Gasteiger partial charge in [-0.05, 0) is 56.5 Å². The van der Waals surface area contributed by atoms with Crippen molar-refractivity contribution in [3.05, 3.63) is 36.1 Å². The number of nitriles is 1. The fourth-order valence-corrected chi connectivity index (χ4v) is 2.79. The van der Waals surface area contributed by atoms with Crippen LogP contribution in [0.1, 0.15) is 32.1 Å². The molecule has 1 atom stereocenters. The molecule has 0 spiro atoms. The maximum Gasteiger partial charge on any atom is 0.221 e. The molecule has 4 nitrogen and oxygen atoms in total. The highest BCUT2D eigenvalue weighted by Gasteiger charge is 2.34. The van der Waals surface area contributed by atoms with Gasteiger partial charge >= 0.3 is 0 Å². The van der Waals surface area contributed by atoms with Gasteiger partial charge in [-0.25, -0.2) is 0 Å². The lowest BCUT2D eigenvalue weighted by molar-refractivity contribution is 0.235. The quantitative estimate of drug-likeness (QED) is 0.614. The Morgan fingerprint density at radius 3 is 3.00 bits per heavy atom. The third kappa shape index (κ3) is 3.40. The summed E-state index contributed by atoms with van der Waals surface area (Å²) in [4.78, 5) is 1.96. The molecular formula is C15H20N4S. The van der Waals surface area contributed by atoms with E-state index in [2.05, 4.69) is 17.5 Å². The highest BCUT2D eigenvalue weighted by molar-refractivity contribution is 7.80. The molecule has 1 unspecified atom stereocenters. The normalized spacial score (nSPS) is 24.9. The van der Waals surface area contributed by atoms with E-state index in [9.17, 15) is 5.26 Å². The zero-order valence-electron chi connectivity index (χ0n) is 11.5. The number of hydrogen-bond donors (Lipinski definition) is 2. The molecule has 3 N–H and O–H groups in total. The van der Waals surface area contributed by atoms with E-state index in [0.717, 1.165) is 13.0 Å². The Morgan fingerprint density at radius 2 is 2.35 bits per heavy atom. The largest absolute Gasteiger partial charge is 0.376 e. The minimum absolute atomic E-state index is 0.133. The zero-order chi connectivity index (χ0) is 14.4. The molecule has 106 valence electrons. The Balaban J connectivity index is 2.05. The summed E-state index contributed by atoms with van der Waals surface area (Å²) in [6, 6.07) is 2.28. The summed E-state index contributed by atoms with van der Waals surface area (Å²) < 4.78 is 0. The van der Waals surface area contributed by atoms with Crippen LogP contribution in [-0.2, 0) is 0 Å². The Kier molecular flexibility index (Phi) is 4.80. The van der Waals surface area contributed by atoms with Crippen molar-refractivity contribution in [3.63, 3.8) is 0 Å². The van der Waals surface area contributed by atoms with Gasteiger partial charge in [-0.2, -0.15) is 5.26 Å². The summed E-state index contributed by atoms with van der Waals surface area (Å²) in [7, 11) is 0. The summed E-state index contributed by atoms with van der Waals surface area (Å²) in [5, 5.41) is 12.6. The lowest BCUT2D eigenvalue weighted by Crippen LogP contribution is -2.58. The molecule has 5 heteroatoms. The third-order valence-corrected chi connectivity index (χ3v) is 3.81. The van der Waals surface area contributed by atoms with Gasteiger partial charge in [-0.15, -0.1) is 0 Å². The van der Waals surface area contributed by atoms with Crippen LogP contribution in [0, 0.1) is 11.3 Å². The minimum atomic E-state index is -0.962. The molecule has 0 fully saturated rings. The van der Waals surface area contributed by atoms with Crippen molar-refractivity contribution in [2.24, 2.45) is 5.73 Å². The highest BCUT2D eigenvalue weighted by Crippen LogP contribution is 2.24. The fraction of sp³-hybridized carbons (Fsp3) is 0.467. The van der Waals surface area contributed by atoms with Crippen molar-refractivity contribution >= 4 is 17.3 Å². The molecule has 0 aromatic heterocycles. The molecule has 2 rings (SSSR count). The first kappa shape index (κ1) is 14.6. The van der Waals surface area contributed by atoms with Crippen LogP contribution >= 0.6 is 12.2 Å². The van der Waals surface area contributed by atoms with Crippen LogP contribution in [0.3, 0.4) is 0 Å². The second-order valence-electron chi connectivity index (χ2n) is 5.12. The van der Waals surface area contributed by atoms with Crippen LogP contribution in [0.5, 0.6) is 0 Å². The van der Waals surface area contributed by atoms with Crippen molar-refractivity contribution in [1.82, 2.24) is 10.2 Å². The van der Waals surface area contributed by atoms with Gasteiger partial charge in [0.1, 0.15) is 6.07 Å². The SMILES string of the molecule is N#CC1(NC(N)=S)C=CC=CN1CCC1=CCCCC1. The summed E-state index contributed by atoms with van der Waals surface area (Å²) in [5.74, 6) is 0. The smallest absolute Gasteiger partial charge is 0.221 e. The van der Waals surface area contributed by atoms with Crippen LogP contribution in [0.25, 0.3) is 0 Å². The number of allylic oxidation sites excluding steroid dienone is 3. The van der Waals surface area contributed by atoms with Crippen LogP contribution in [0.4, 0.5) is 0 Å². The first-order chi connectivity index (χ1) is 9.66. The number of nitrogens with two attached hydrogens (primary N) is 1. The van der Waals surface area contributed by atoms with E-state index in [1.54, 1.807) is 6.08 Å². The minimum Gasteiger partial charge on any atom is -0.376 e. The highest BCUT2D eigenvalue weighted by atomic mass is 32.1. The molecule has 20 heavy (non-hydrogen) atoms. The fourth-order valence-electron chi connectivity index (χ4n) is 2.64. The summed E-state index contributed by atoms with van der Waals surface area (Å²) in [5.41, 5.74) is 6.08. The molecule has 1 aliphatic heterocycles. The Bertz CT molecular complexity index is 500. The standard InChI is InChI=1S/C15H20N4S/c16-12-15(18-14(17)20)9-4-5-10-19(15)11-8-13-6-2-1-3-7-13/h4-6,9-10H,1-3,7-8,11H2,(H3,17,18,20). The molecule has 0 aromatic rings. The summed E-state index contributed by atoms with van der Waals surface area (Å²) in [6.07, 6.45) is 15.7. The average Bonchev–Trinajstić information content (AvgIpc) is 2.47. The molecule has 0 aromatic carbocycles.